The molecule has 0 spiro atoms. The van der Waals surface area contributed by atoms with E-state index in [4.69, 9.17) is 0 Å². The molecule has 2 unspecified atom stereocenters. The van der Waals surface area contributed by atoms with Crippen molar-refractivity contribution in [3.8, 4) is 0 Å². The van der Waals surface area contributed by atoms with Crippen molar-refractivity contribution in [2.75, 3.05) is 13.1 Å². The molecule has 4 aliphatic rings. The largest absolute Gasteiger partial charge is 0.322 e. The van der Waals surface area contributed by atoms with Crippen LogP contribution in [0.5, 0.6) is 0 Å². The van der Waals surface area contributed by atoms with E-state index in [0.29, 0.717) is 30.6 Å². The minimum absolute atomic E-state index is 0.0909. The number of amides is 3. The van der Waals surface area contributed by atoms with Gasteiger partial charge in [-0.25, -0.2) is 0 Å². The van der Waals surface area contributed by atoms with E-state index in [1.807, 2.05) is 12.1 Å². The van der Waals surface area contributed by atoms with Crippen LogP contribution in [0.4, 0.5) is 0 Å². The fourth-order valence-corrected chi connectivity index (χ4v) is 4.88. The van der Waals surface area contributed by atoms with E-state index in [-0.39, 0.29) is 24.1 Å². The van der Waals surface area contributed by atoms with Gasteiger partial charge in [-0.15, -0.1) is 0 Å². The lowest BCUT2D eigenvalue weighted by Gasteiger charge is -2.30. The summed E-state index contributed by atoms with van der Waals surface area (Å²) in [5.41, 5.74) is 2.95. The lowest BCUT2D eigenvalue weighted by atomic mass is 10.0. The Labute approximate surface area is 164 Å². The number of hydrogen-bond acceptors (Lipinski definition) is 5. The molecule has 3 aliphatic heterocycles. The van der Waals surface area contributed by atoms with Crippen LogP contribution >= 0.6 is 0 Å². The van der Waals surface area contributed by atoms with Crippen LogP contribution in [0, 0.1) is 0 Å². The average molecular weight is 382 g/mol. The number of carbonyl (C=O) groups is 3. The summed E-state index contributed by atoms with van der Waals surface area (Å²) in [5, 5.41) is 5.84. The van der Waals surface area contributed by atoms with Crippen LogP contribution in [0.1, 0.15) is 53.6 Å². The smallest absolute Gasteiger partial charge is 0.255 e. The molecule has 3 heterocycles. The number of nitrogens with one attached hydrogen (secondary N) is 2. The molecule has 3 fully saturated rings. The highest BCUT2D eigenvalue weighted by molar-refractivity contribution is 6.05. The van der Waals surface area contributed by atoms with Crippen LogP contribution in [-0.2, 0) is 22.7 Å². The molecule has 5 rings (SSSR count). The maximum atomic E-state index is 13.0. The maximum absolute atomic E-state index is 13.0. The van der Waals surface area contributed by atoms with E-state index >= 15 is 0 Å². The Kier molecular flexibility index (Phi) is 4.44. The summed E-state index contributed by atoms with van der Waals surface area (Å²) in [6.07, 6.45) is 4.38. The molecule has 7 nitrogen and oxygen atoms in total. The van der Waals surface area contributed by atoms with Crippen LogP contribution in [0.3, 0.4) is 0 Å². The van der Waals surface area contributed by atoms with Crippen LogP contribution in [0.2, 0.25) is 0 Å². The van der Waals surface area contributed by atoms with Crippen molar-refractivity contribution in [2.45, 2.75) is 63.3 Å². The number of piperidine rings is 1. The fourth-order valence-electron chi connectivity index (χ4n) is 4.88. The second-order valence-electron chi connectivity index (χ2n) is 8.39. The second kappa shape index (κ2) is 6.97. The molecule has 7 heteroatoms. The SMILES string of the molecule is O=C1CCC(N2Cc3c(CN(C4CC4)C4CCNC4)cccc3C2=O)C(=O)N1. The lowest BCUT2D eigenvalue weighted by molar-refractivity contribution is -0.136. The van der Waals surface area contributed by atoms with Crippen LogP contribution in [-0.4, -0.2) is 58.7 Å². The van der Waals surface area contributed by atoms with Crippen molar-refractivity contribution in [3.05, 3.63) is 34.9 Å². The van der Waals surface area contributed by atoms with Crippen molar-refractivity contribution in [1.29, 1.82) is 0 Å². The minimum Gasteiger partial charge on any atom is -0.322 e. The molecule has 0 radical (unpaired) electrons. The second-order valence-corrected chi connectivity index (χ2v) is 8.39. The first kappa shape index (κ1) is 17.8. The predicted octanol–water partition coefficient (Wildman–Crippen LogP) is 0.774. The third kappa shape index (κ3) is 3.12. The van der Waals surface area contributed by atoms with Crippen LogP contribution in [0.15, 0.2) is 18.2 Å². The zero-order valence-electron chi connectivity index (χ0n) is 15.9. The zero-order chi connectivity index (χ0) is 19.3. The summed E-state index contributed by atoms with van der Waals surface area (Å²) in [5.74, 6) is -0.696. The molecular weight excluding hydrogens is 356 g/mol. The topological polar surface area (TPSA) is 81.8 Å². The van der Waals surface area contributed by atoms with Gasteiger partial charge >= 0.3 is 0 Å². The summed E-state index contributed by atoms with van der Waals surface area (Å²) >= 11 is 0. The summed E-state index contributed by atoms with van der Waals surface area (Å²) in [6, 6.07) is 6.61. The molecule has 0 bridgehead atoms. The Morgan fingerprint density at radius 3 is 2.64 bits per heavy atom. The Balaban J connectivity index is 1.38. The van der Waals surface area contributed by atoms with Crippen molar-refractivity contribution in [2.24, 2.45) is 0 Å². The van der Waals surface area contributed by atoms with Crippen LogP contribution in [0.25, 0.3) is 0 Å². The van der Waals surface area contributed by atoms with E-state index in [2.05, 4.69) is 21.6 Å². The standard InChI is InChI=1S/C21H26N4O3/c26-19-7-6-18(20(27)23-19)25-12-17-13(2-1-3-16(17)21(25)28)11-24(14-4-5-14)15-8-9-22-10-15/h1-3,14-15,18,22H,4-12H2,(H,23,26,27). The van der Waals surface area contributed by atoms with Gasteiger partial charge in [0, 0.05) is 43.7 Å². The van der Waals surface area contributed by atoms with E-state index in [1.165, 1.54) is 24.8 Å². The molecule has 1 aliphatic carbocycles. The van der Waals surface area contributed by atoms with Gasteiger partial charge in [0.15, 0.2) is 0 Å². The van der Waals surface area contributed by atoms with Gasteiger partial charge in [-0.1, -0.05) is 12.1 Å². The first-order valence-corrected chi connectivity index (χ1v) is 10.3. The van der Waals surface area contributed by atoms with Gasteiger partial charge in [-0.3, -0.25) is 24.6 Å². The molecule has 1 aromatic carbocycles. The molecule has 28 heavy (non-hydrogen) atoms. The third-order valence-corrected chi connectivity index (χ3v) is 6.55. The molecule has 3 amide bonds. The Hall–Kier alpha value is -2.25. The van der Waals surface area contributed by atoms with Gasteiger partial charge in [0.25, 0.3) is 5.91 Å². The Morgan fingerprint density at radius 2 is 1.93 bits per heavy atom. The number of imide groups is 1. The van der Waals surface area contributed by atoms with Crippen molar-refractivity contribution < 1.29 is 14.4 Å². The minimum atomic E-state index is -0.552. The molecule has 148 valence electrons. The summed E-state index contributed by atoms with van der Waals surface area (Å²) < 4.78 is 0. The zero-order valence-corrected chi connectivity index (χ0v) is 15.9. The highest BCUT2D eigenvalue weighted by Gasteiger charge is 2.41. The number of rotatable bonds is 5. The van der Waals surface area contributed by atoms with Crippen LogP contribution < -0.4 is 10.6 Å². The fraction of sp³-hybridized carbons (Fsp3) is 0.571. The molecule has 1 aromatic rings. The highest BCUT2D eigenvalue weighted by Crippen LogP contribution is 2.35. The molecule has 2 atom stereocenters. The normalized spacial score (nSPS) is 27.5. The van der Waals surface area contributed by atoms with Gasteiger partial charge in [0.1, 0.15) is 6.04 Å². The van der Waals surface area contributed by atoms with Gasteiger partial charge in [0.05, 0.1) is 0 Å². The summed E-state index contributed by atoms with van der Waals surface area (Å²) in [4.78, 5) is 41.0. The van der Waals surface area contributed by atoms with Crippen molar-refractivity contribution in [1.82, 2.24) is 20.4 Å². The first-order chi connectivity index (χ1) is 13.6. The average Bonchev–Trinajstić information content (AvgIpc) is 3.26. The lowest BCUT2D eigenvalue weighted by Crippen LogP contribution is -2.52. The summed E-state index contributed by atoms with van der Waals surface area (Å²) in [6.45, 7) is 3.42. The summed E-state index contributed by atoms with van der Waals surface area (Å²) in [7, 11) is 0. The first-order valence-electron chi connectivity index (χ1n) is 10.3. The molecular formula is C21H26N4O3. The van der Waals surface area contributed by atoms with Gasteiger partial charge in [-0.05, 0) is 49.4 Å². The molecule has 2 N–H and O–H groups in total. The van der Waals surface area contributed by atoms with Gasteiger partial charge in [0.2, 0.25) is 11.8 Å². The quantitative estimate of drug-likeness (QED) is 0.736. The van der Waals surface area contributed by atoms with E-state index in [0.717, 1.165) is 25.2 Å². The van der Waals surface area contributed by atoms with E-state index in [1.54, 1.807) is 4.90 Å². The Bertz CT molecular complexity index is 829. The van der Waals surface area contributed by atoms with Gasteiger partial charge in [-0.2, -0.15) is 0 Å². The predicted molar refractivity (Wildman–Crippen MR) is 102 cm³/mol. The number of fused-ring (bicyclic) bond motifs is 1. The maximum Gasteiger partial charge on any atom is 0.255 e. The van der Waals surface area contributed by atoms with E-state index in [9.17, 15) is 14.4 Å². The number of carbonyl (C=O) groups excluding carboxylic acids is 3. The molecule has 2 saturated heterocycles. The molecule has 0 aromatic heterocycles. The Morgan fingerprint density at radius 1 is 1.07 bits per heavy atom. The van der Waals surface area contributed by atoms with Gasteiger partial charge < -0.3 is 10.2 Å². The number of hydrogen-bond donors (Lipinski definition) is 2. The van der Waals surface area contributed by atoms with Crippen molar-refractivity contribution in [3.63, 3.8) is 0 Å². The molecule has 1 saturated carbocycles. The van der Waals surface area contributed by atoms with Crippen molar-refractivity contribution >= 4 is 17.7 Å². The number of nitrogens with zero attached hydrogens (tertiary/aromatic N) is 2. The number of benzene rings is 1. The monoisotopic (exact) mass is 382 g/mol. The van der Waals surface area contributed by atoms with E-state index < -0.39 is 6.04 Å². The third-order valence-electron chi connectivity index (χ3n) is 6.55. The highest BCUT2D eigenvalue weighted by atomic mass is 16.2.